The Morgan fingerprint density at radius 2 is 1.74 bits per heavy atom. The van der Waals surface area contributed by atoms with Crippen molar-refractivity contribution in [1.82, 2.24) is 20.1 Å². The number of para-hydroxylation sites is 1. The number of amides is 2. The molecule has 0 unspecified atom stereocenters. The number of halogens is 1. The lowest BCUT2D eigenvalue weighted by atomic mass is 10.2. The molecule has 34 heavy (non-hydrogen) atoms. The monoisotopic (exact) mass is 491 g/mol. The van der Waals surface area contributed by atoms with Crippen molar-refractivity contribution in [2.24, 2.45) is 0 Å². The molecule has 0 aliphatic carbocycles. The van der Waals surface area contributed by atoms with Gasteiger partial charge < -0.3 is 10.6 Å². The summed E-state index contributed by atoms with van der Waals surface area (Å²) in [5.74, 6) is 0.379. The van der Waals surface area contributed by atoms with Crippen molar-refractivity contribution < 1.29 is 9.59 Å². The summed E-state index contributed by atoms with van der Waals surface area (Å²) >= 11 is 7.32. The van der Waals surface area contributed by atoms with E-state index < -0.39 is 0 Å². The van der Waals surface area contributed by atoms with Crippen LogP contribution >= 0.6 is 23.4 Å². The van der Waals surface area contributed by atoms with Gasteiger partial charge in [0.05, 0.1) is 5.75 Å². The summed E-state index contributed by atoms with van der Waals surface area (Å²) in [6, 6.07) is 23.9. The molecule has 0 saturated carbocycles. The van der Waals surface area contributed by atoms with Gasteiger partial charge in [0, 0.05) is 34.1 Å². The van der Waals surface area contributed by atoms with Crippen LogP contribution in [0.3, 0.4) is 0 Å². The minimum atomic E-state index is -0.214. The van der Waals surface area contributed by atoms with Crippen LogP contribution in [-0.4, -0.2) is 38.9 Å². The summed E-state index contributed by atoms with van der Waals surface area (Å²) in [6.07, 6.45) is 0. The number of aromatic nitrogens is 3. The van der Waals surface area contributed by atoms with Crippen LogP contribution in [0.15, 0.2) is 84.0 Å². The van der Waals surface area contributed by atoms with Crippen molar-refractivity contribution in [2.75, 3.05) is 17.6 Å². The highest BCUT2D eigenvalue weighted by Gasteiger charge is 2.17. The second-order valence-electron chi connectivity index (χ2n) is 7.26. The van der Waals surface area contributed by atoms with Crippen LogP contribution < -0.4 is 10.6 Å². The normalized spacial score (nSPS) is 10.6. The van der Waals surface area contributed by atoms with Crippen LogP contribution in [-0.2, 0) is 4.79 Å². The lowest BCUT2D eigenvalue weighted by Gasteiger charge is -2.11. The molecular weight excluding hydrogens is 470 g/mol. The highest BCUT2D eigenvalue weighted by atomic mass is 35.5. The highest BCUT2D eigenvalue weighted by Crippen LogP contribution is 2.28. The average Bonchev–Trinajstić information content (AvgIpc) is 3.28. The molecule has 0 aliphatic rings. The summed E-state index contributed by atoms with van der Waals surface area (Å²) in [5.41, 5.74) is 2.79. The van der Waals surface area contributed by atoms with Gasteiger partial charge in [0.15, 0.2) is 11.0 Å². The molecule has 2 N–H and O–H groups in total. The Bertz CT molecular complexity index is 1290. The average molecular weight is 492 g/mol. The quantitative estimate of drug-likeness (QED) is 0.336. The third-order valence-corrected chi connectivity index (χ3v) is 6.01. The van der Waals surface area contributed by atoms with Crippen LogP contribution in [0.2, 0.25) is 5.02 Å². The summed E-state index contributed by atoms with van der Waals surface area (Å²) in [4.78, 5) is 24.7. The van der Waals surface area contributed by atoms with Gasteiger partial charge in [0.2, 0.25) is 5.91 Å². The maximum absolute atomic E-state index is 12.7. The zero-order chi connectivity index (χ0) is 23.9. The Hall–Kier alpha value is -3.62. The van der Waals surface area contributed by atoms with Crippen molar-refractivity contribution in [3.05, 3.63) is 89.4 Å². The first-order valence-corrected chi connectivity index (χ1v) is 12.0. The van der Waals surface area contributed by atoms with Gasteiger partial charge in [-0.3, -0.25) is 14.2 Å². The first-order chi connectivity index (χ1) is 16.5. The van der Waals surface area contributed by atoms with Crippen LogP contribution in [0.5, 0.6) is 0 Å². The molecule has 0 radical (unpaired) electrons. The fourth-order valence-electron chi connectivity index (χ4n) is 3.29. The van der Waals surface area contributed by atoms with Crippen LogP contribution in [0.25, 0.3) is 17.1 Å². The number of carbonyl (C=O) groups excluding carboxylic acids is 2. The molecule has 3 aromatic carbocycles. The molecule has 9 heteroatoms. The third kappa shape index (κ3) is 5.65. The van der Waals surface area contributed by atoms with E-state index in [1.165, 1.54) is 11.8 Å². The molecule has 0 saturated heterocycles. The zero-order valence-corrected chi connectivity index (χ0v) is 19.9. The molecule has 0 atom stereocenters. The number of carbonyl (C=O) groups is 2. The topological polar surface area (TPSA) is 88.9 Å². The summed E-state index contributed by atoms with van der Waals surface area (Å²) in [7, 11) is 0. The molecule has 1 heterocycles. The van der Waals surface area contributed by atoms with Gasteiger partial charge in [0.25, 0.3) is 5.91 Å². The number of rotatable bonds is 8. The van der Waals surface area contributed by atoms with Crippen molar-refractivity contribution in [3.8, 4) is 17.1 Å². The second kappa shape index (κ2) is 11.0. The number of hydrogen-bond acceptors (Lipinski definition) is 5. The first-order valence-electron chi connectivity index (χ1n) is 10.6. The van der Waals surface area contributed by atoms with E-state index in [0.717, 1.165) is 11.3 Å². The van der Waals surface area contributed by atoms with Gasteiger partial charge in [-0.05, 0) is 61.5 Å². The maximum Gasteiger partial charge on any atom is 0.251 e. The van der Waals surface area contributed by atoms with Crippen molar-refractivity contribution in [3.63, 3.8) is 0 Å². The standard InChI is InChI=1S/C25H22ClN5O2S/c1-2-27-24(33)18-7-6-8-20(15-18)28-22(32)16-34-25-30-29-23(17-11-13-19(26)14-12-17)31(25)21-9-4-3-5-10-21/h3-15H,2,16H2,1H3,(H,27,33)(H,28,32). The van der Waals surface area contributed by atoms with Gasteiger partial charge in [-0.15, -0.1) is 10.2 Å². The summed E-state index contributed by atoms with van der Waals surface area (Å²) in [6.45, 7) is 2.39. The molecule has 4 aromatic rings. The number of thioether (sulfide) groups is 1. The molecule has 4 rings (SSSR count). The second-order valence-corrected chi connectivity index (χ2v) is 8.64. The van der Waals surface area contributed by atoms with Crippen molar-refractivity contribution in [2.45, 2.75) is 12.1 Å². The molecule has 172 valence electrons. The fourth-order valence-corrected chi connectivity index (χ4v) is 4.17. The Morgan fingerprint density at radius 1 is 0.971 bits per heavy atom. The predicted molar refractivity (Wildman–Crippen MR) is 136 cm³/mol. The van der Waals surface area contributed by atoms with E-state index >= 15 is 0 Å². The number of benzene rings is 3. The van der Waals surface area contributed by atoms with E-state index in [9.17, 15) is 9.59 Å². The van der Waals surface area contributed by atoms with Crippen molar-refractivity contribution in [1.29, 1.82) is 0 Å². The highest BCUT2D eigenvalue weighted by molar-refractivity contribution is 7.99. The minimum Gasteiger partial charge on any atom is -0.352 e. The van der Waals surface area contributed by atoms with Crippen molar-refractivity contribution >= 4 is 40.9 Å². The number of nitrogens with zero attached hydrogens (tertiary/aromatic N) is 3. The van der Waals surface area contributed by atoms with Crippen LogP contribution in [0, 0.1) is 0 Å². The van der Waals surface area contributed by atoms with Gasteiger partial charge in [-0.25, -0.2) is 0 Å². The van der Waals surface area contributed by atoms with E-state index in [2.05, 4.69) is 20.8 Å². The smallest absolute Gasteiger partial charge is 0.251 e. The Kier molecular flexibility index (Phi) is 7.61. The predicted octanol–water partition coefficient (Wildman–Crippen LogP) is 5.07. The van der Waals surface area contributed by atoms with Crippen LogP contribution in [0.4, 0.5) is 5.69 Å². The Morgan fingerprint density at radius 3 is 2.47 bits per heavy atom. The first kappa shape index (κ1) is 23.5. The lowest BCUT2D eigenvalue weighted by Crippen LogP contribution is -2.23. The number of anilines is 1. The maximum atomic E-state index is 12.7. The van der Waals surface area contributed by atoms with E-state index in [4.69, 9.17) is 11.6 Å². The van der Waals surface area contributed by atoms with E-state index in [1.54, 1.807) is 36.4 Å². The molecule has 7 nitrogen and oxygen atoms in total. The molecule has 0 spiro atoms. The molecule has 0 fully saturated rings. The van der Waals surface area contributed by atoms with Gasteiger partial charge in [-0.1, -0.05) is 47.6 Å². The van der Waals surface area contributed by atoms with Gasteiger partial charge >= 0.3 is 0 Å². The van der Waals surface area contributed by atoms with E-state index in [0.29, 0.717) is 33.8 Å². The number of nitrogens with one attached hydrogen (secondary N) is 2. The SMILES string of the molecule is CCNC(=O)c1cccc(NC(=O)CSc2nnc(-c3ccc(Cl)cc3)n2-c2ccccc2)c1. The molecular formula is C25H22ClN5O2S. The lowest BCUT2D eigenvalue weighted by molar-refractivity contribution is -0.113. The Balaban J connectivity index is 1.52. The fraction of sp³-hybridized carbons (Fsp3) is 0.120. The molecule has 0 aliphatic heterocycles. The molecule has 0 bridgehead atoms. The van der Waals surface area contributed by atoms with Gasteiger partial charge in [-0.2, -0.15) is 0 Å². The van der Waals surface area contributed by atoms with Gasteiger partial charge in [0.1, 0.15) is 0 Å². The van der Waals surface area contributed by atoms with E-state index in [1.807, 2.05) is 54.0 Å². The summed E-state index contributed by atoms with van der Waals surface area (Å²) in [5, 5.41) is 15.5. The Labute approximate surface area is 206 Å². The van der Waals surface area contributed by atoms with Crippen LogP contribution in [0.1, 0.15) is 17.3 Å². The third-order valence-electron chi connectivity index (χ3n) is 4.83. The molecule has 1 aromatic heterocycles. The largest absolute Gasteiger partial charge is 0.352 e. The zero-order valence-electron chi connectivity index (χ0n) is 18.4. The van der Waals surface area contributed by atoms with E-state index in [-0.39, 0.29) is 17.6 Å². The molecule has 2 amide bonds. The minimum absolute atomic E-state index is 0.122. The summed E-state index contributed by atoms with van der Waals surface area (Å²) < 4.78 is 1.91. The number of hydrogen-bond donors (Lipinski definition) is 2.